The van der Waals surface area contributed by atoms with Gasteiger partial charge in [0, 0.05) is 13.2 Å². The zero-order chi connectivity index (χ0) is 20.4. The molecule has 0 atom stereocenters. The van der Waals surface area contributed by atoms with Crippen LogP contribution in [-0.2, 0) is 23.7 Å². The van der Waals surface area contributed by atoms with Gasteiger partial charge in [0.05, 0.1) is 28.6 Å². The molecule has 1 aromatic carbocycles. The standard InChI is InChI=1S/C15H12F6N4O2/c1-22-12(26)7-25-6-9(5-23-25)24-13(27)10-3-2-8(14(16,17)18)4-11(10)15(19,20)21/h2-6H,7H2,1H3,(H,22,26)(H,24,27). The fraction of sp³-hybridized carbons (Fsp3) is 0.267. The summed E-state index contributed by atoms with van der Waals surface area (Å²) in [4.78, 5) is 23.3. The maximum atomic E-state index is 13.1. The maximum absolute atomic E-state index is 13.1. The number of nitrogens with one attached hydrogen (secondary N) is 2. The van der Waals surface area contributed by atoms with Crippen molar-refractivity contribution in [1.29, 1.82) is 0 Å². The molecule has 6 nitrogen and oxygen atoms in total. The van der Waals surface area contributed by atoms with Crippen molar-refractivity contribution in [2.24, 2.45) is 0 Å². The molecule has 12 heteroatoms. The van der Waals surface area contributed by atoms with E-state index in [1.807, 2.05) is 0 Å². The third-order valence-electron chi connectivity index (χ3n) is 3.37. The normalized spacial score (nSPS) is 12.0. The Morgan fingerprint density at radius 3 is 2.33 bits per heavy atom. The van der Waals surface area contributed by atoms with Crippen molar-refractivity contribution < 1.29 is 35.9 Å². The van der Waals surface area contributed by atoms with Crippen molar-refractivity contribution in [3.05, 3.63) is 47.3 Å². The maximum Gasteiger partial charge on any atom is 0.417 e. The first-order valence-electron chi connectivity index (χ1n) is 7.24. The Morgan fingerprint density at radius 2 is 1.78 bits per heavy atom. The van der Waals surface area contributed by atoms with E-state index in [-0.39, 0.29) is 18.3 Å². The van der Waals surface area contributed by atoms with Crippen LogP contribution in [0.4, 0.5) is 32.0 Å². The number of carbonyl (C=O) groups is 2. The number of aromatic nitrogens is 2. The summed E-state index contributed by atoms with van der Waals surface area (Å²) in [5, 5.41) is 8.17. The van der Waals surface area contributed by atoms with Gasteiger partial charge >= 0.3 is 12.4 Å². The van der Waals surface area contributed by atoms with Crippen LogP contribution in [0.1, 0.15) is 21.5 Å². The summed E-state index contributed by atoms with van der Waals surface area (Å²) in [6, 6.07) is 0.721. The van der Waals surface area contributed by atoms with Gasteiger partial charge in [0.15, 0.2) is 0 Å². The number of halogens is 6. The zero-order valence-corrected chi connectivity index (χ0v) is 13.6. The lowest BCUT2D eigenvalue weighted by Crippen LogP contribution is -2.23. The number of benzene rings is 1. The van der Waals surface area contributed by atoms with Gasteiger partial charge < -0.3 is 10.6 Å². The predicted molar refractivity (Wildman–Crippen MR) is 80.7 cm³/mol. The van der Waals surface area contributed by atoms with E-state index < -0.39 is 40.9 Å². The Bertz CT molecular complexity index is 857. The van der Waals surface area contributed by atoms with E-state index in [1.54, 1.807) is 0 Å². The van der Waals surface area contributed by atoms with Crippen LogP contribution < -0.4 is 10.6 Å². The summed E-state index contributed by atoms with van der Waals surface area (Å²) in [7, 11) is 1.39. The fourth-order valence-corrected chi connectivity index (χ4v) is 2.09. The van der Waals surface area contributed by atoms with Gasteiger partial charge in [-0.25, -0.2) is 0 Å². The summed E-state index contributed by atoms with van der Waals surface area (Å²) in [5.74, 6) is -1.67. The van der Waals surface area contributed by atoms with E-state index in [4.69, 9.17) is 0 Å². The van der Waals surface area contributed by atoms with Crippen molar-refractivity contribution in [3.8, 4) is 0 Å². The molecule has 0 aliphatic carbocycles. The van der Waals surface area contributed by atoms with E-state index >= 15 is 0 Å². The number of hydrogen-bond donors (Lipinski definition) is 2. The molecule has 0 unspecified atom stereocenters. The van der Waals surface area contributed by atoms with E-state index in [0.717, 1.165) is 10.9 Å². The molecular formula is C15H12F6N4O2. The molecule has 1 heterocycles. The van der Waals surface area contributed by atoms with E-state index in [2.05, 4.69) is 15.7 Å². The van der Waals surface area contributed by atoms with E-state index in [1.165, 1.54) is 13.2 Å². The van der Waals surface area contributed by atoms with Crippen LogP contribution in [0.5, 0.6) is 0 Å². The Labute approximate surface area is 148 Å². The quantitative estimate of drug-likeness (QED) is 0.783. The highest BCUT2D eigenvalue weighted by molar-refractivity contribution is 6.05. The third-order valence-corrected chi connectivity index (χ3v) is 3.37. The van der Waals surface area contributed by atoms with Gasteiger partial charge in [-0.15, -0.1) is 0 Å². The number of carbonyl (C=O) groups excluding carboxylic acids is 2. The highest BCUT2D eigenvalue weighted by Crippen LogP contribution is 2.37. The molecule has 2 N–H and O–H groups in total. The molecule has 2 rings (SSSR count). The molecule has 27 heavy (non-hydrogen) atoms. The summed E-state index contributed by atoms with van der Waals surface area (Å²) >= 11 is 0. The molecular weight excluding hydrogens is 382 g/mol. The highest BCUT2D eigenvalue weighted by Gasteiger charge is 2.39. The topological polar surface area (TPSA) is 76.0 Å². The monoisotopic (exact) mass is 394 g/mol. The predicted octanol–water partition coefficient (Wildman–Crippen LogP) is 2.92. The molecule has 2 aromatic rings. The zero-order valence-electron chi connectivity index (χ0n) is 13.6. The van der Waals surface area contributed by atoms with Crippen molar-refractivity contribution in [2.75, 3.05) is 12.4 Å². The van der Waals surface area contributed by atoms with Crippen LogP contribution in [0.25, 0.3) is 0 Å². The molecule has 0 fully saturated rings. The van der Waals surface area contributed by atoms with Gasteiger partial charge in [0.25, 0.3) is 5.91 Å². The van der Waals surface area contributed by atoms with Crippen molar-refractivity contribution >= 4 is 17.5 Å². The van der Waals surface area contributed by atoms with Crippen molar-refractivity contribution in [2.45, 2.75) is 18.9 Å². The SMILES string of the molecule is CNC(=O)Cn1cc(NC(=O)c2ccc(C(F)(F)F)cc2C(F)(F)F)cn1. The Morgan fingerprint density at radius 1 is 1.11 bits per heavy atom. The first-order valence-corrected chi connectivity index (χ1v) is 7.24. The van der Waals surface area contributed by atoms with Crippen LogP contribution in [0.15, 0.2) is 30.6 Å². The van der Waals surface area contributed by atoms with Crippen LogP contribution in [0.2, 0.25) is 0 Å². The van der Waals surface area contributed by atoms with Crippen molar-refractivity contribution in [1.82, 2.24) is 15.1 Å². The van der Waals surface area contributed by atoms with Gasteiger partial charge in [-0.2, -0.15) is 31.4 Å². The van der Waals surface area contributed by atoms with Crippen LogP contribution >= 0.6 is 0 Å². The van der Waals surface area contributed by atoms with E-state index in [0.29, 0.717) is 12.1 Å². The number of rotatable bonds is 4. The second kappa shape index (κ2) is 7.29. The smallest absolute Gasteiger partial charge is 0.358 e. The minimum Gasteiger partial charge on any atom is -0.358 e. The van der Waals surface area contributed by atoms with Gasteiger partial charge in [-0.3, -0.25) is 14.3 Å². The van der Waals surface area contributed by atoms with E-state index in [9.17, 15) is 35.9 Å². The molecule has 0 radical (unpaired) electrons. The van der Waals surface area contributed by atoms with Gasteiger partial charge in [0.1, 0.15) is 6.54 Å². The number of amides is 2. The molecule has 146 valence electrons. The number of hydrogen-bond acceptors (Lipinski definition) is 3. The lowest BCUT2D eigenvalue weighted by molar-refractivity contribution is -0.143. The largest absolute Gasteiger partial charge is 0.417 e. The van der Waals surface area contributed by atoms with Crippen LogP contribution in [-0.4, -0.2) is 28.6 Å². The van der Waals surface area contributed by atoms with Crippen LogP contribution in [0, 0.1) is 0 Å². The Kier molecular flexibility index (Phi) is 5.47. The molecule has 0 saturated carbocycles. The lowest BCUT2D eigenvalue weighted by Gasteiger charge is -2.15. The molecule has 2 amide bonds. The molecule has 0 bridgehead atoms. The average molecular weight is 394 g/mol. The first kappa shape index (κ1) is 20.3. The minimum atomic E-state index is -5.17. The molecule has 0 aliphatic heterocycles. The van der Waals surface area contributed by atoms with Gasteiger partial charge in [-0.1, -0.05) is 0 Å². The fourth-order valence-electron chi connectivity index (χ4n) is 2.09. The highest BCUT2D eigenvalue weighted by atomic mass is 19.4. The number of anilines is 1. The van der Waals surface area contributed by atoms with Gasteiger partial charge in [-0.05, 0) is 18.2 Å². The molecule has 0 aliphatic rings. The average Bonchev–Trinajstić information content (AvgIpc) is 2.99. The number of nitrogens with zero attached hydrogens (tertiary/aromatic N) is 2. The molecule has 0 saturated heterocycles. The summed E-state index contributed by atoms with van der Waals surface area (Å²) < 4.78 is 78.4. The summed E-state index contributed by atoms with van der Waals surface area (Å²) in [6.07, 6.45) is -7.89. The van der Waals surface area contributed by atoms with Gasteiger partial charge in [0.2, 0.25) is 5.91 Å². The second-order valence-corrected chi connectivity index (χ2v) is 5.31. The molecule has 0 spiro atoms. The number of likely N-dealkylation sites (N-methyl/N-ethyl adjacent to an activating group) is 1. The first-order chi connectivity index (χ1) is 12.4. The lowest BCUT2D eigenvalue weighted by atomic mass is 10.0. The second-order valence-electron chi connectivity index (χ2n) is 5.31. The van der Waals surface area contributed by atoms with Crippen molar-refractivity contribution in [3.63, 3.8) is 0 Å². The number of alkyl halides is 6. The Hall–Kier alpha value is -3.05. The minimum absolute atomic E-state index is 0.0306. The molecule has 1 aromatic heterocycles. The van der Waals surface area contributed by atoms with Crippen LogP contribution in [0.3, 0.4) is 0 Å². The Balaban J connectivity index is 2.29. The summed E-state index contributed by atoms with van der Waals surface area (Å²) in [5.41, 5.74) is -4.25. The third kappa shape index (κ3) is 4.99. The summed E-state index contributed by atoms with van der Waals surface area (Å²) in [6.45, 7) is -0.194.